The first-order valence-electron chi connectivity index (χ1n) is 7.81. The number of hydrogen-bond donors (Lipinski definition) is 0. The van der Waals surface area contributed by atoms with Crippen molar-refractivity contribution in [3.8, 4) is 0 Å². The molecule has 0 spiro atoms. The molecule has 20 heavy (non-hydrogen) atoms. The summed E-state index contributed by atoms with van der Waals surface area (Å²) in [5.41, 5.74) is 1.43. The van der Waals surface area contributed by atoms with Gasteiger partial charge in [-0.1, -0.05) is 49.1 Å². The molecule has 3 heteroatoms. The minimum atomic E-state index is -1.16. The zero-order valence-electron chi connectivity index (χ0n) is 13.5. The molecule has 0 N–H and O–H groups in total. The average Bonchev–Trinajstić information content (AvgIpc) is 2.39. The van der Waals surface area contributed by atoms with Gasteiger partial charge in [0.2, 0.25) is 0 Å². The van der Waals surface area contributed by atoms with Crippen LogP contribution < -0.4 is 5.19 Å². The first-order valence-corrected chi connectivity index (χ1v) is 11.3. The molecule has 0 atom stereocenters. The second kappa shape index (κ2) is 6.88. The van der Waals surface area contributed by atoms with Crippen molar-refractivity contribution in [2.75, 3.05) is 26.8 Å². The Kier molecular flexibility index (Phi) is 5.41. The number of benzene rings is 1. The number of nitrogens with zero attached hydrogens (tertiary/aromatic N) is 1. The van der Waals surface area contributed by atoms with E-state index in [1.165, 1.54) is 24.9 Å². The van der Waals surface area contributed by atoms with Crippen molar-refractivity contribution in [2.24, 2.45) is 5.92 Å². The smallest absolute Gasteiger partial charge is 0.0775 e. The molecule has 0 saturated carbocycles. The van der Waals surface area contributed by atoms with E-state index in [4.69, 9.17) is 4.74 Å². The molecule has 0 aromatic heterocycles. The van der Waals surface area contributed by atoms with E-state index in [0.717, 1.165) is 25.7 Å². The van der Waals surface area contributed by atoms with Crippen molar-refractivity contribution in [3.63, 3.8) is 0 Å². The lowest BCUT2D eigenvalue weighted by atomic mass is 10.00. The van der Waals surface area contributed by atoms with Gasteiger partial charge < -0.3 is 9.64 Å². The third kappa shape index (κ3) is 4.72. The molecular formula is C17H29NOSi. The van der Waals surface area contributed by atoms with E-state index in [1.54, 1.807) is 5.19 Å². The van der Waals surface area contributed by atoms with Crippen molar-refractivity contribution < 1.29 is 4.74 Å². The minimum absolute atomic E-state index is 0.815. The zero-order valence-corrected chi connectivity index (χ0v) is 14.5. The van der Waals surface area contributed by atoms with E-state index in [-0.39, 0.29) is 0 Å². The van der Waals surface area contributed by atoms with E-state index >= 15 is 0 Å². The van der Waals surface area contributed by atoms with E-state index in [2.05, 4.69) is 55.9 Å². The molecule has 1 saturated heterocycles. The predicted molar refractivity (Wildman–Crippen MR) is 89.3 cm³/mol. The highest BCUT2D eigenvalue weighted by Crippen LogP contribution is 2.16. The first kappa shape index (κ1) is 15.7. The average molecular weight is 292 g/mol. The van der Waals surface area contributed by atoms with Crippen LogP contribution in [-0.2, 0) is 11.3 Å². The Labute approximate surface area is 125 Å². The highest BCUT2D eigenvalue weighted by molar-refractivity contribution is 6.88. The number of ether oxygens (including phenoxy) is 1. The van der Waals surface area contributed by atoms with Crippen LogP contribution in [0.1, 0.15) is 18.4 Å². The molecule has 1 aromatic carbocycles. The Bertz CT molecular complexity index is 404. The number of hydrogen-bond acceptors (Lipinski definition) is 2. The molecule has 1 aromatic rings. The SMILES string of the molecule is CN(Cc1ccc([Si](C)(C)C)cc1)CC1CCOCC1. The topological polar surface area (TPSA) is 12.5 Å². The summed E-state index contributed by atoms with van der Waals surface area (Å²) >= 11 is 0. The van der Waals surface area contributed by atoms with E-state index in [9.17, 15) is 0 Å². The van der Waals surface area contributed by atoms with E-state index in [0.29, 0.717) is 0 Å². The fraction of sp³-hybridized carbons (Fsp3) is 0.647. The second-order valence-electron chi connectivity index (χ2n) is 7.20. The van der Waals surface area contributed by atoms with Crippen LogP contribution in [0.4, 0.5) is 0 Å². The molecule has 1 aliphatic heterocycles. The Morgan fingerprint density at radius 3 is 2.25 bits per heavy atom. The fourth-order valence-electron chi connectivity index (χ4n) is 2.86. The largest absolute Gasteiger partial charge is 0.381 e. The quantitative estimate of drug-likeness (QED) is 0.773. The molecule has 2 nitrogen and oxygen atoms in total. The Hall–Kier alpha value is -0.643. The van der Waals surface area contributed by atoms with Gasteiger partial charge in [0, 0.05) is 26.3 Å². The Morgan fingerprint density at radius 2 is 1.70 bits per heavy atom. The van der Waals surface area contributed by atoms with Crippen LogP contribution >= 0.6 is 0 Å². The van der Waals surface area contributed by atoms with E-state index in [1.807, 2.05) is 0 Å². The number of rotatable bonds is 5. The van der Waals surface area contributed by atoms with Crippen LogP contribution in [0.3, 0.4) is 0 Å². The van der Waals surface area contributed by atoms with Crippen molar-refractivity contribution >= 4 is 13.3 Å². The van der Waals surface area contributed by atoms with Crippen LogP contribution in [-0.4, -0.2) is 39.8 Å². The lowest BCUT2D eigenvalue weighted by molar-refractivity contribution is 0.0549. The van der Waals surface area contributed by atoms with Gasteiger partial charge in [0.15, 0.2) is 0 Å². The van der Waals surface area contributed by atoms with Crippen LogP contribution in [0.2, 0.25) is 19.6 Å². The van der Waals surface area contributed by atoms with Gasteiger partial charge in [0.25, 0.3) is 0 Å². The van der Waals surface area contributed by atoms with Gasteiger partial charge in [0.05, 0.1) is 8.07 Å². The Morgan fingerprint density at radius 1 is 1.10 bits per heavy atom. The molecule has 0 bridgehead atoms. The molecule has 1 heterocycles. The maximum absolute atomic E-state index is 5.43. The molecule has 0 amide bonds. The van der Waals surface area contributed by atoms with Gasteiger partial charge in [-0.05, 0) is 31.4 Å². The highest BCUT2D eigenvalue weighted by atomic mass is 28.3. The van der Waals surface area contributed by atoms with Gasteiger partial charge >= 0.3 is 0 Å². The monoisotopic (exact) mass is 291 g/mol. The molecule has 2 rings (SSSR count). The summed E-state index contributed by atoms with van der Waals surface area (Å²) in [6, 6.07) is 9.30. The van der Waals surface area contributed by atoms with Gasteiger partial charge in [-0.15, -0.1) is 0 Å². The van der Waals surface area contributed by atoms with Gasteiger partial charge in [-0.2, -0.15) is 0 Å². The summed E-state index contributed by atoms with van der Waals surface area (Å²) < 4.78 is 5.43. The first-order chi connectivity index (χ1) is 9.45. The normalized spacial score (nSPS) is 17.6. The summed E-state index contributed by atoms with van der Waals surface area (Å²) in [6.45, 7) is 11.4. The molecule has 0 radical (unpaired) electrons. The summed E-state index contributed by atoms with van der Waals surface area (Å²) in [6.07, 6.45) is 2.44. The zero-order chi connectivity index (χ0) is 14.6. The van der Waals surface area contributed by atoms with Gasteiger partial charge in [-0.3, -0.25) is 0 Å². The minimum Gasteiger partial charge on any atom is -0.381 e. The fourth-order valence-corrected chi connectivity index (χ4v) is 4.02. The van der Waals surface area contributed by atoms with Crippen molar-refractivity contribution in [1.82, 2.24) is 4.90 Å². The van der Waals surface area contributed by atoms with Crippen molar-refractivity contribution in [2.45, 2.75) is 39.0 Å². The second-order valence-corrected chi connectivity index (χ2v) is 12.3. The molecular weight excluding hydrogens is 262 g/mol. The third-order valence-corrected chi connectivity index (χ3v) is 6.25. The molecule has 0 unspecified atom stereocenters. The van der Waals surface area contributed by atoms with Crippen LogP contribution in [0.25, 0.3) is 0 Å². The van der Waals surface area contributed by atoms with Crippen molar-refractivity contribution in [1.29, 1.82) is 0 Å². The lowest BCUT2D eigenvalue weighted by Gasteiger charge is -2.27. The third-order valence-electron chi connectivity index (χ3n) is 4.18. The van der Waals surface area contributed by atoms with Gasteiger partial charge in [0.1, 0.15) is 0 Å². The van der Waals surface area contributed by atoms with Crippen LogP contribution in [0.5, 0.6) is 0 Å². The maximum Gasteiger partial charge on any atom is 0.0775 e. The van der Waals surface area contributed by atoms with Crippen LogP contribution in [0, 0.1) is 5.92 Å². The molecule has 112 valence electrons. The van der Waals surface area contributed by atoms with Gasteiger partial charge in [-0.25, -0.2) is 0 Å². The maximum atomic E-state index is 5.43. The van der Waals surface area contributed by atoms with E-state index < -0.39 is 8.07 Å². The highest BCUT2D eigenvalue weighted by Gasteiger charge is 2.17. The standard InChI is InChI=1S/C17H29NOSi/c1-18(14-16-9-11-19-12-10-16)13-15-5-7-17(8-6-15)20(2,3)4/h5-8,16H,9-14H2,1-4H3. The summed E-state index contributed by atoms with van der Waals surface area (Å²) in [5, 5.41) is 1.55. The molecule has 1 fully saturated rings. The summed E-state index contributed by atoms with van der Waals surface area (Å²) in [5.74, 6) is 0.815. The summed E-state index contributed by atoms with van der Waals surface area (Å²) in [7, 11) is 1.08. The molecule has 0 aliphatic carbocycles. The Balaban J connectivity index is 1.86. The lowest BCUT2D eigenvalue weighted by Crippen LogP contribution is -2.37. The van der Waals surface area contributed by atoms with Crippen LogP contribution in [0.15, 0.2) is 24.3 Å². The van der Waals surface area contributed by atoms with Crippen molar-refractivity contribution in [3.05, 3.63) is 29.8 Å². The summed E-state index contributed by atoms with van der Waals surface area (Å²) in [4.78, 5) is 2.46. The predicted octanol–water partition coefficient (Wildman–Crippen LogP) is 3.09. The molecule has 1 aliphatic rings.